The molecule has 0 unspecified atom stereocenters. The maximum Gasteiger partial charge on any atom is 0.224 e. The molecule has 3 heterocycles. The summed E-state index contributed by atoms with van der Waals surface area (Å²) in [6.07, 6.45) is 7.92. The van der Waals surface area contributed by atoms with Gasteiger partial charge in [-0.05, 0) is 49.2 Å². The van der Waals surface area contributed by atoms with Gasteiger partial charge >= 0.3 is 0 Å². The van der Waals surface area contributed by atoms with Crippen LogP contribution in [0, 0.1) is 0 Å². The van der Waals surface area contributed by atoms with Gasteiger partial charge in [-0.2, -0.15) is 0 Å². The lowest BCUT2D eigenvalue weighted by molar-refractivity contribution is -0.116. The molecule has 1 aliphatic rings. The predicted octanol–water partition coefficient (Wildman–Crippen LogP) is 5.12. The zero-order valence-electron chi connectivity index (χ0n) is 18.6. The molecule has 0 aliphatic carbocycles. The third-order valence-electron chi connectivity index (χ3n) is 5.84. The van der Waals surface area contributed by atoms with Crippen molar-refractivity contribution in [3.63, 3.8) is 0 Å². The van der Waals surface area contributed by atoms with E-state index in [9.17, 15) is 4.79 Å². The second-order valence-corrected chi connectivity index (χ2v) is 8.17. The quantitative estimate of drug-likeness (QED) is 0.429. The zero-order valence-corrected chi connectivity index (χ0v) is 18.6. The monoisotopic (exact) mass is 442 g/mol. The number of oxazole rings is 1. The van der Waals surface area contributed by atoms with Gasteiger partial charge in [-0.15, -0.1) is 0 Å². The Hall–Kier alpha value is -3.87. The standard InChI is InChI=1S/C26H26N4O3/c1-32-21-10-8-18(9-11-21)23-16-27-26(33-23)13-12-25(31)28-20-6-4-5-19(15-20)22-17-30-14-3-2-7-24(30)29-22/h4-6,8-11,15-17H,2-3,7,12-14H2,1H3,(H,28,31). The van der Waals surface area contributed by atoms with Crippen LogP contribution in [-0.2, 0) is 24.2 Å². The average Bonchev–Trinajstić information content (AvgIpc) is 3.50. The number of carbonyl (C=O) groups is 1. The van der Waals surface area contributed by atoms with Crippen LogP contribution in [0.15, 0.2) is 65.3 Å². The number of aryl methyl sites for hydroxylation is 3. The van der Waals surface area contributed by atoms with E-state index in [1.807, 2.05) is 48.5 Å². The molecule has 1 amide bonds. The third-order valence-corrected chi connectivity index (χ3v) is 5.84. The fraction of sp³-hybridized carbons (Fsp3) is 0.269. The van der Waals surface area contributed by atoms with Gasteiger partial charge in [-0.1, -0.05) is 12.1 Å². The molecule has 0 atom stereocenters. The molecule has 0 saturated heterocycles. The van der Waals surface area contributed by atoms with Crippen molar-refractivity contribution < 1.29 is 13.9 Å². The molecular weight excluding hydrogens is 416 g/mol. The summed E-state index contributed by atoms with van der Waals surface area (Å²) < 4.78 is 13.2. The molecule has 7 heteroatoms. The smallest absolute Gasteiger partial charge is 0.224 e. The van der Waals surface area contributed by atoms with Gasteiger partial charge in [0.05, 0.1) is 19.0 Å². The summed E-state index contributed by atoms with van der Waals surface area (Å²) in [6.45, 7) is 1.03. The highest BCUT2D eigenvalue weighted by atomic mass is 16.5. The number of carbonyl (C=O) groups excluding carboxylic acids is 1. The van der Waals surface area contributed by atoms with Crippen molar-refractivity contribution in [2.45, 2.75) is 38.6 Å². The van der Waals surface area contributed by atoms with Crippen molar-refractivity contribution in [2.75, 3.05) is 12.4 Å². The Morgan fingerprint density at radius 3 is 2.85 bits per heavy atom. The number of methoxy groups -OCH3 is 1. The van der Waals surface area contributed by atoms with Gasteiger partial charge in [0.25, 0.3) is 0 Å². The first-order chi connectivity index (χ1) is 16.2. The maximum atomic E-state index is 12.5. The molecule has 2 aromatic carbocycles. The molecule has 0 radical (unpaired) electrons. The number of fused-ring (bicyclic) bond motifs is 1. The third kappa shape index (κ3) is 4.82. The highest BCUT2D eigenvalue weighted by Gasteiger charge is 2.14. The Kier molecular flexibility index (Phi) is 5.93. The van der Waals surface area contributed by atoms with E-state index in [0.717, 1.165) is 47.0 Å². The van der Waals surface area contributed by atoms with Crippen molar-refractivity contribution in [1.82, 2.24) is 14.5 Å². The minimum atomic E-state index is -0.0829. The van der Waals surface area contributed by atoms with Crippen LogP contribution in [0.2, 0.25) is 0 Å². The average molecular weight is 443 g/mol. The van der Waals surface area contributed by atoms with E-state index in [1.54, 1.807) is 13.3 Å². The summed E-state index contributed by atoms with van der Waals surface area (Å²) in [5.74, 6) is 3.05. The number of nitrogens with zero attached hydrogens (tertiary/aromatic N) is 3. The van der Waals surface area contributed by atoms with Gasteiger partial charge in [0.1, 0.15) is 11.6 Å². The Balaban J connectivity index is 1.19. The number of hydrogen-bond donors (Lipinski definition) is 1. The van der Waals surface area contributed by atoms with E-state index in [0.29, 0.717) is 18.1 Å². The Morgan fingerprint density at radius 2 is 2.03 bits per heavy atom. The molecule has 7 nitrogen and oxygen atoms in total. The predicted molar refractivity (Wildman–Crippen MR) is 126 cm³/mol. The van der Waals surface area contributed by atoms with Crippen LogP contribution in [0.5, 0.6) is 5.75 Å². The van der Waals surface area contributed by atoms with E-state index in [1.165, 1.54) is 12.8 Å². The summed E-state index contributed by atoms with van der Waals surface area (Å²) in [5, 5.41) is 2.98. The normalized spacial score (nSPS) is 12.9. The highest BCUT2D eigenvalue weighted by Crippen LogP contribution is 2.26. The lowest BCUT2D eigenvalue weighted by atomic mass is 10.1. The molecular formula is C26H26N4O3. The van der Waals surface area contributed by atoms with Crippen molar-refractivity contribution in [2.24, 2.45) is 0 Å². The number of hydrogen-bond acceptors (Lipinski definition) is 5. The van der Waals surface area contributed by atoms with Gasteiger partial charge in [0.2, 0.25) is 5.91 Å². The first-order valence-corrected chi connectivity index (χ1v) is 11.2. The number of anilines is 1. The molecule has 0 bridgehead atoms. The fourth-order valence-electron chi connectivity index (χ4n) is 4.07. The van der Waals surface area contributed by atoms with Crippen LogP contribution >= 0.6 is 0 Å². The van der Waals surface area contributed by atoms with Crippen LogP contribution in [-0.4, -0.2) is 27.6 Å². The summed E-state index contributed by atoms with van der Waals surface area (Å²) in [7, 11) is 1.63. The van der Waals surface area contributed by atoms with Crippen LogP contribution in [0.4, 0.5) is 5.69 Å². The van der Waals surface area contributed by atoms with Crippen molar-refractivity contribution in [1.29, 1.82) is 0 Å². The topological polar surface area (TPSA) is 82.2 Å². The molecule has 1 N–H and O–H groups in total. The molecule has 33 heavy (non-hydrogen) atoms. The minimum absolute atomic E-state index is 0.0829. The first-order valence-electron chi connectivity index (χ1n) is 11.2. The van der Waals surface area contributed by atoms with Crippen LogP contribution in [0.1, 0.15) is 31.0 Å². The second-order valence-electron chi connectivity index (χ2n) is 8.17. The fourth-order valence-corrected chi connectivity index (χ4v) is 4.07. The van der Waals surface area contributed by atoms with Crippen molar-refractivity contribution in [3.8, 4) is 28.3 Å². The molecule has 4 aromatic rings. The Bertz CT molecular complexity index is 1230. The number of ether oxygens (including phenoxy) is 1. The second kappa shape index (κ2) is 9.32. The minimum Gasteiger partial charge on any atom is -0.497 e. The van der Waals surface area contributed by atoms with Gasteiger partial charge in [0, 0.05) is 48.8 Å². The number of nitrogens with one attached hydrogen (secondary N) is 1. The van der Waals surface area contributed by atoms with Crippen molar-refractivity contribution >= 4 is 11.6 Å². The summed E-state index contributed by atoms with van der Waals surface area (Å²) in [5.41, 5.74) is 3.63. The van der Waals surface area contributed by atoms with Gasteiger partial charge in [-0.25, -0.2) is 9.97 Å². The molecule has 0 spiro atoms. The maximum absolute atomic E-state index is 12.5. The largest absolute Gasteiger partial charge is 0.497 e. The SMILES string of the molecule is COc1ccc(-c2cnc(CCC(=O)Nc3cccc(-c4cn5c(n4)CCCC5)c3)o2)cc1. The van der Waals surface area contributed by atoms with Crippen LogP contribution < -0.4 is 10.1 Å². The Labute approximate surface area is 192 Å². The lowest BCUT2D eigenvalue weighted by Crippen LogP contribution is -2.12. The number of imidazole rings is 1. The molecule has 168 valence electrons. The van der Waals surface area contributed by atoms with E-state index in [-0.39, 0.29) is 12.3 Å². The van der Waals surface area contributed by atoms with Gasteiger partial charge in [0.15, 0.2) is 11.7 Å². The van der Waals surface area contributed by atoms with Crippen LogP contribution in [0.3, 0.4) is 0 Å². The summed E-state index contributed by atoms with van der Waals surface area (Å²) in [6, 6.07) is 15.4. The lowest BCUT2D eigenvalue weighted by Gasteiger charge is -2.11. The van der Waals surface area contributed by atoms with E-state index in [2.05, 4.69) is 21.1 Å². The van der Waals surface area contributed by atoms with Crippen LogP contribution in [0.25, 0.3) is 22.6 Å². The molecule has 1 aliphatic heterocycles. The summed E-state index contributed by atoms with van der Waals surface area (Å²) >= 11 is 0. The van der Waals surface area contributed by atoms with Gasteiger partial charge in [-0.3, -0.25) is 4.79 Å². The number of rotatable bonds is 7. The van der Waals surface area contributed by atoms with E-state index >= 15 is 0 Å². The van der Waals surface area contributed by atoms with Crippen molar-refractivity contribution in [3.05, 3.63) is 72.6 Å². The van der Waals surface area contributed by atoms with Gasteiger partial charge < -0.3 is 19.0 Å². The molecule has 5 rings (SSSR count). The molecule has 2 aromatic heterocycles. The Morgan fingerprint density at radius 1 is 1.15 bits per heavy atom. The van der Waals surface area contributed by atoms with E-state index < -0.39 is 0 Å². The summed E-state index contributed by atoms with van der Waals surface area (Å²) in [4.78, 5) is 21.6. The first kappa shape index (κ1) is 21.0. The number of aromatic nitrogens is 3. The van der Waals surface area contributed by atoms with E-state index in [4.69, 9.17) is 14.1 Å². The number of benzene rings is 2. The highest BCUT2D eigenvalue weighted by molar-refractivity contribution is 5.91. The zero-order chi connectivity index (χ0) is 22.6. The molecule has 0 saturated carbocycles. The number of amides is 1. The molecule has 0 fully saturated rings.